The second-order valence-electron chi connectivity index (χ2n) is 6.02. The fourth-order valence-corrected chi connectivity index (χ4v) is 3.70. The Kier molecular flexibility index (Phi) is 5.79. The Morgan fingerprint density at radius 1 is 1.29 bits per heavy atom. The molecular weight excluding hydrogens is 284 g/mol. The minimum atomic E-state index is -3.24. The van der Waals surface area contributed by atoms with Crippen LogP contribution in [0.4, 0.5) is 0 Å². The van der Waals surface area contributed by atoms with Crippen LogP contribution in [0.2, 0.25) is 0 Å². The van der Waals surface area contributed by atoms with Crippen molar-refractivity contribution in [3.8, 4) is 0 Å². The normalized spacial score (nSPS) is 16.9. The lowest BCUT2D eigenvalue weighted by Crippen LogP contribution is -2.30. The van der Waals surface area contributed by atoms with Gasteiger partial charge < -0.3 is 5.32 Å². The standard InChI is InChI=1S/C16H26N2O2S/c1-3-17-11-14-5-4-6-15(9-14)12-21(19,20)18-10-13(2)16-7-8-16/h4-6,9,13,16-18H,3,7-8,10-12H2,1-2H3. The number of benzene rings is 1. The van der Waals surface area contributed by atoms with E-state index < -0.39 is 10.0 Å². The zero-order valence-electron chi connectivity index (χ0n) is 12.9. The molecule has 4 nitrogen and oxygen atoms in total. The van der Waals surface area contributed by atoms with Gasteiger partial charge in [-0.05, 0) is 42.3 Å². The molecule has 0 heterocycles. The molecule has 1 unspecified atom stereocenters. The van der Waals surface area contributed by atoms with E-state index in [2.05, 4.69) is 23.9 Å². The van der Waals surface area contributed by atoms with Gasteiger partial charge in [-0.25, -0.2) is 13.1 Å². The molecule has 1 saturated carbocycles. The van der Waals surface area contributed by atoms with Crippen LogP contribution in [0.3, 0.4) is 0 Å². The summed E-state index contributed by atoms with van der Waals surface area (Å²) in [7, 11) is -3.24. The Morgan fingerprint density at radius 3 is 2.67 bits per heavy atom. The second kappa shape index (κ2) is 7.38. The molecule has 1 aromatic rings. The number of hydrogen-bond donors (Lipinski definition) is 2. The molecule has 2 rings (SSSR count). The summed E-state index contributed by atoms with van der Waals surface area (Å²) in [5.74, 6) is 1.22. The highest BCUT2D eigenvalue weighted by Gasteiger charge is 2.28. The third kappa shape index (κ3) is 5.77. The summed E-state index contributed by atoms with van der Waals surface area (Å²) in [4.78, 5) is 0. The van der Waals surface area contributed by atoms with Gasteiger partial charge in [-0.15, -0.1) is 0 Å². The fraction of sp³-hybridized carbons (Fsp3) is 0.625. The summed E-state index contributed by atoms with van der Waals surface area (Å²) in [6, 6.07) is 7.77. The summed E-state index contributed by atoms with van der Waals surface area (Å²) in [6.07, 6.45) is 2.49. The quantitative estimate of drug-likeness (QED) is 0.735. The van der Waals surface area contributed by atoms with Crippen molar-refractivity contribution in [3.63, 3.8) is 0 Å². The number of nitrogens with one attached hydrogen (secondary N) is 2. The fourth-order valence-electron chi connectivity index (χ4n) is 2.46. The number of rotatable bonds is 9. The van der Waals surface area contributed by atoms with E-state index in [0.29, 0.717) is 12.5 Å². The molecule has 1 atom stereocenters. The number of sulfonamides is 1. The Morgan fingerprint density at radius 2 is 2.00 bits per heavy atom. The molecule has 2 N–H and O–H groups in total. The van der Waals surface area contributed by atoms with Crippen LogP contribution in [-0.4, -0.2) is 21.5 Å². The van der Waals surface area contributed by atoms with E-state index in [-0.39, 0.29) is 5.75 Å². The van der Waals surface area contributed by atoms with E-state index in [1.54, 1.807) is 0 Å². The van der Waals surface area contributed by atoms with Crippen molar-refractivity contribution in [2.75, 3.05) is 13.1 Å². The molecule has 0 bridgehead atoms. The topological polar surface area (TPSA) is 58.2 Å². The third-order valence-corrected chi connectivity index (χ3v) is 5.30. The molecule has 0 spiro atoms. The molecular formula is C16H26N2O2S. The average Bonchev–Trinajstić information content (AvgIpc) is 3.27. The monoisotopic (exact) mass is 310 g/mol. The van der Waals surface area contributed by atoms with Crippen molar-refractivity contribution >= 4 is 10.0 Å². The molecule has 0 saturated heterocycles. The molecule has 5 heteroatoms. The van der Waals surface area contributed by atoms with Crippen LogP contribution < -0.4 is 10.0 Å². The van der Waals surface area contributed by atoms with Crippen molar-refractivity contribution in [2.24, 2.45) is 11.8 Å². The van der Waals surface area contributed by atoms with Crippen molar-refractivity contribution in [2.45, 2.75) is 39.0 Å². The Labute approximate surface area is 128 Å². The number of hydrogen-bond acceptors (Lipinski definition) is 3. The van der Waals surface area contributed by atoms with Crippen molar-refractivity contribution in [1.29, 1.82) is 0 Å². The molecule has 1 fully saturated rings. The summed E-state index contributed by atoms with van der Waals surface area (Å²) in [5, 5.41) is 3.25. The molecule has 0 aromatic heterocycles. The van der Waals surface area contributed by atoms with E-state index in [1.807, 2.05) is 24.3 Å². The Hall–Kier alpha value is -0.910. The van der Waals surface area contributed by atoms with Gasteiger partial charge in [-0.2, -0.15) is 0 Å². The van der Waals surface area contributed by atoms with Gasteiger partial charge in [0.05, 0.1) is 5.75 Å². The highest BCUT2D eigenvalue weighted by molar-refractivity contribution is 7.88. The van der Waals surface area contributed by atoms with E-state index in [9.17, 15) is 8.42 Å². The Balaban J connectivity index is 1.89. The predicted octanol–water partition coefficient (Wildman–Crippen LogP) is 2.26. The van der Waals surface area contributed by atoms with Crippen LogP contribution in [0, 0.1) is 11.8 Å². The van der Waals surface area contributed by atoms with E-state index in [4.69, 9.17) is 0 Å². The second-order valence-corrected chi connectivity index (χ2v) is 7.83. The maximum Gasteiger partial charge on any atom is 0.215 e. The van der Waals surface area contributed by atoms with Crippen molar-refractivity contribution in [3.05, 3.63) is 35.4 Å². The lowest BCUT2D eigenvalue weighted by Gasteiger charge is -2.12. The lowest BCUT2D eigenvalue weighted by atomic mass is 10.1. The SMILES string of the molecule is CCNCc1cccc(CS(=O)(=O)NCC(C)C2CC2)c1. The van der Waals surface area contributed by atoms with Crippen LogP contribution in [-0.2, 0) is 22.3 Å². The van der Waals surface area contributed by atoms with Gasteiger partial charge >= 0.3 is 0 Å². The largest absolute Gasteiger partial charge is 0.313 e. The average molecular weight is 310 g/mol. The van der Waals surface area contributed by atoms with Gasteiger partial charge in [0.25, 0.3) is 0 Å². The first-order chi connectivity index (χ1) is 10.00. The molecule has 118 valence electrons. The van der Waals surface area contributed by atoms with Gasteiger partial charge in [0.15, 0.2) is 0 Å². The van der Waals surface area contributed by atoms with Crippen LogP contribution in [0.1, 0.15) is 37.8 Å². The van der Waals surface area contributed by atoms with Gasteiger partial charge in [0.2, 0.25) is 10.0 Å². The summed E-state index contributed by atoms with van der Waals surface area (Å²) < 4.78 is 27.0. The van der Waals surface area contributed by atoms with Crippen LogP contribution >= 0.6 is 0 Å². The zero-order valence-corrected chi connectivity index (χ0v) is 13.7. The molecule has 21 heavy (non-hydrogen) atoms. The lowest BCUT2D eigenvalue weighted by molar-refractivity contribution is 0.491. The van der Waals surface area contributed by atoms with E-state index in [0.717, 1.165) is 30.1 Å². The van der Waals surface area contributed by atoms with Crippen LogP contribution in [0.15, 0.2) is 24.3 Å². The van der Waals surface area contributed by atoms with Crippen molar-refractivity contribution in [1.82, 2.24) is 10.0 Å². The van der Waals surface area contributed by atoms with Crippen LogP contribution in [0.5, 0.6) is 0 Å². The van der Waals surface area contributed by atoms with Gasteiger partial charge in [-0.1, -0.05) is 38.1 Å². The summed E-state index contributed by atoms with van der Waals surface area (Å²) >= 11 is 0. The molecule has 0 amide bonds. The third-order valence-electron chi connectivity index (χ3n) is 3.98. The smallest absolute Gasteiger partial charge is 0.215 e. The van der Waals surface area contributed by atoms with Gasteiger partial charge in [0.1, 0.15) is 0 Å². The minimum Gasteiger partial charge on any atom is -0.313 e. The molecule has 1 aliphatic rings. The zero-order chi connectivity index (χ0) is 15.3. The Bertz CT molecular complexity index is 553. The minimum absolute atomic E-state index is 0.0599. The molecule has 0 radical (unpaired) electrons. The maximum atomic E-state index is 12.1. The highest BCUT2D eigenvalue weighted by atomic mass is 32.2. The van der Waals surface area contributed by atoms with Crippen molar-refractivity contribution < 1.29 is 8.42 Å². The summed E-state index contributed by atoms with van der Waals surface area (Å²) in [5.41, 5.74) is 1.97. The van der Waals surface area contributed by atoms with Gasteiger partial charge in [0, 0.05) is 13.1 Å². The highest BCUT2D eigenvalue weighted by Crippen LogP contribution is 2.36. The summed E-state index contributed by atoms with van der Waals surface area (Å²) in [6.45, 7) is 6.42. The first-order valence-electron chi connectivity index (χ1n) is 7.76. The predicted molar refractivity (Wildman–Crippen MR) is 86.3 cm³/mol. The van der Waals surface area contributed by atoms with E-state index in [1.165, 1.54) is 12.8 Å². The van der Waals surface area contributed by atoms with Gasteiger partial charge in [-0.3, -0.25) is 0 Å². The molecule has 0 aliphatic heterocycles. The molecule has 1 aliphatic carbocycles. The molecule has 1 aromatic carbocycles. The first-order valence-corrected chi connectivity index (χ1v) is 9.41. The maximum absolute atomic E-state index is 12.1. The van der Waals surface area contributed by atoms with E-state index >= 15 is 0 Å². The van der Waals surface area contributed by atoms with Crippen LogP contribution in [0.25, 0.3) is 0 Å². The first kappa shape index (κ1) is 16.5.